The van der Waals surface area contributed by atoms with Gasteiger partial charge in [-0.15, -0.1) is 0 Å². The molecule has 0 aromatic heterocycles. The predicted octanol–water partition coefficient (Wildman–Crippen LogP) is 3.97. The van der Waals surface area contributed by atoms with Gasteiger partial charge in [0, 0.05) is 32.2 Å². The number of benzene rings is 2. The molecule has 9 heteroatoms. The first kappa shape index (κ1) is 23.7. The molecule has 1 atom stereocenters. The minimum atomic E-state index is -3.76. The molecule has 4 rings (SSSR count). The zero-order valence-corrected chi connectivity index (χ0v) is 19.7. The van der Waals surface area contributed by atoms with Crippen LogP contribution in [0, 0.1) is 22.0 Å². The summed E-state index contributed by atoms with van der Waals surface area (Å²) in [5.74, 6) is 0.556. The molecule has 2 aliphatic heterocycles. The van der Waals surface area contributed by atoms with Gasteiger partial charge in [-0.1, -0.05) is 37.3 Å². The van der Waals surface area contributed by atoms with Gasteiger partial charge in [0.2, 0.25) is 10.0 Å². The fourth-order valence-electron chi connectivity index (χ4n) is 4.83. The Morgan fingerprint density at radius 2 is 1.64 bits per heavy atom. The Kier molecular flexibility index (Phi) is 7.02. The van der Waals surface area contributed by atoms with Crippen LogP contribution in [0.4, 0.5) is 11.4 Å². The molecule has 0 amide bonds. The molecule has 0 radical (unpaired) electrons. The van der Waals surface area contributed by atoms with Crippen LogP contribution in [-0.4, -0.2) is 48.9 Å². The third kappa shape index (κ3) is 5.05. The topological polar surface area (TPSA) is 104 Å². The van der Waals surface area contributed by atoms with Crippen molar-refractivity contribution in [3.63, 3.8) is 0 Å². The van der Waals surface area contributed by atoms with Gasteiger partial charge in [0.05, 0.1) is 15.9 Å². The van der Waals surface area contributed by atoms with Crippen molar-refractivity contribution in [2.75, 3.05) is 31.1 Å². The number of hydrogen-bond donors (Lipinski definition) is 1. The van der Waals surface area contributed by atoms with Crippen LogP contribution in [0.5, 0.6) is 0 Å². The minimum absolute atomic E-state index is 0.0260. The lowest BCUT2D eigenvalue weighted by atomic mass is 9.87. The van der Waals surface area contributed by atoms with E-state index in [0.717, 1.165) is 18.4 Å². The summed E-state index contributed by atoms with van der Waals surface area (Å²) in [5, 5.41) is 22.6. The van der Waals surface area contributed by atoms with Crippen molar-refractivity contribution in [3.8, 4) is 0 Å². The van der Waals surface area contributed by atoms with E-state index >= 15 is 0 Å². The van der Waals surface area contributed by atoms with Gasteiger partial charge in [0.25, 0.3) is 5.69 Å². The first-order valence-corrected chi connectivity index (χ1v) is 13.0. The van der Waals surface area contributed by atoms with Crippen LogP contribution in [0.25, 0.3) is 0 Å². The number of piperidine rings is 2. The maximum atomic E-state index is 13.1. The Bertz CT molecular complexity index is 1080. The number of rotatable bonds is 6. The van der Waals surface area contributed by atoms with Crippen LogP contribution in [-0.2, 0) is 10.0 Å². The highest BCUT2D eigenvalue weighted by Gasteiger charge is 2.33. The van der Waals surface area contributed by atoms with Crippen LogP contribution in [0.3, 0.4) is 0 Å². The van der Waals surface area contributed by atoms with Gasteiger partial charge in [-0.05, 0) is 55.2 Å². The van der Waals surface area contributed by atoms with Crippen LogP contribution < -0.4 is 4.90 Å². The summed E-state index contributed by atoms with van der Waals surface area (Å²) in [4.78, 5) is 13.2. The molecule has 0 aliphatic carbocycles. The fraction of sp³-hybridized carbons (Fsp3) is 0.500. The van der Waals surface area contributed by atoms with Crippen molar-refractivity contribution in [1.29, 1.82) is 0 Å². The molecule has 2 heterocycles. The Hall–Kier alpha value is -2.49. The van der Waals surface area contributed by atoms with Gasteiger partial charge < -0.3 is 10.0 Å². The van der Waals surface area contributed by atoms with Gasteiger partial charge in [-0.3, -0.25) is 10.1 Å². The summed E-state index contributed by atoms with van der Waals surface area (Å²) in [6.07, 6.45) is 2.41. The number of anilines is 1. The maximum Gasteiger partial charge on any atom is 0.293 e. The largest absolute Gasteiger partial charge is 0.388 e. The second-order valence-electron chi connectivity index (χ2n) is 9.17. The van der Waals surface area contributed by atoms with Crippen molar-refractivity contribution in [3.05, 3.63) is 64.2 Å². The predicted molar refractivity (Wildman–Crippen MR) is 127 cm³/mol. The highest BCUT2D eigenvalue weighted by atomic mass is 32.2. The molecule has 0 saturated carbocycles. The maximum absolute atomic E-state index is 13.1. The number of aliphatic hydroxyl groups excluding tert-OH is 1. The quantitative estimate of drug-likeness (QED) is 0.503. The van der Waals surface area contributed by atoms with Gasteiger partial charge in [0.15, 0.2) is 0 Å². The first-order valence-electron chi connectivity index (χ1n) is 11.5. The van der Waals surface area contributed by atoms with Gasteiger partial charge in [-0.25, -0.2) is 8.42 Å². The minimum Gasteiger partial charge on any atom is -0.388 e. The SMILES string of the molecule is CC1CCN(S(=O)(=O)c2ccc(N3CCC([C@H](O)c4ccccc4)CC3)c([N+](=O)[O-])c2)CC1. The summed E-state index contributed by atoms with van der Waals surface area (Å²) in [7, 11) is -3.76. The van der Waals surface area contributed by atoms with Crippen LogP contribution in [0.1, 0.15) is 44.3 Å². The molecule has 0 bridgehead atoms. The molecular weight excluding hydrogens is 442 g/mol. The monoisotopic (exact) mass is 473 g/mol. The summed E-state index contributed by atoms with van der Waals surface area (Å²) in [6.45, 7) is 4.11. The molecule has 8 nitrogen and oxygen atoms in total. The van der Waals surface area contributed by atoms with E-state index in [0.29, 0.717) is 50.6 Å². The second-order valence-corrected chi connectivity index (χ2v) is 11.1. The van der Waals surface area contributed by atoms with Gasteiger partial charge in [-0.2, -0.15) is 4.31 Å². The number of nitro benzene ring substituents is 1. The van der Waals surface area contributed by atoms with E-state index in [-0.39, 0.29) is 16.5 Å². The molecule has 2 aromatic rings. The Morgan fingerprint density at radius 1 is 1.00 bits per heavy atom. The summed E-state index contributed by atoms with van der Waals surface area (Å²) >= 11 is 0. The van der Waals surface area contributed by atoms with Crippen molar-refractivity contribution >= 4 is 21.4 Å². The highest BCUT2D eigenvalue weighted by Crippen LogP contribution is 2.37. The van der Waals surface area contributed by atoms with Gasteiger partial charge >= 0.3 is 0 Å². The average molecular weight is 474 g/mol. The third-order valence-electron chi connectivity index (χ3n) is 6.99. The fourth-order valence-corrected chi connectivity index (χ4v) is 6.32. The van der Waals surface area contributed by atoms with E-state index in [1.54, 1.807) is 6.07 Å². The van der Waals surface area contributed by atoms with Crippen molar-refractivity contribution in [1.82, 2.24) is 4.31 Å². The van der Waals surface area contributed by atoms with Gasteiger partial charge in [0.1, 0.15) is 5.69 Å². The average Bonchev–Trinajstić information content (AvgIpc) is 2.84. The number of hydrogen-bond acceptors (Lipinski definition) is 6. The first-order chi connectivity index (χ1) is 15.8. The molecule has 0 spiro atoms. The highest BCUT2D eigenvalue weighted by molar-refractivity contribution is 7.89. The van der Waals surface area contributed by atoms with Crippen LogP contribution in [0.15, 0.2) is 53.4 Å². The summed E-state index contributed by atoms with van der Waals surface area (Å²) in [6, 6.07) is 13.8. The Labute approximate surface area is 195 Å². The third-order valence-corrected chi connectivity index (χ3v) is 8.89. The molecule has 1 N–H and O–H groups in total. The lowest BCUT2D eigenvalue weighted by Crippen LogP contribution is -2.38. The molecular formula is C24H31N3O5S. The van der Waals surface area contributed by atoms with E-state index in [9.17, 15) is 23.6 Å². The van der Waals surface area contributed by atoms with E-state index in [1.165, 1.54) is 16.4 Å². The smallest absolute Gasteiger partial charge is 0.293 e. The lowest BCUT2D eigenvalue weighted by molar-refractivity contribution is -0.384. The standard InChI is InChI=1S/C24H31N3O5S/c1-18-9-15-26(16-10-18)33(31,32)21-7-8-22(23(17-21)27(29)30)25-13-11-20(12-14-25)24(28)19-5-3-2-4-6-19/h2-8,17-18,20,24,28H,9-16H2,1H3/t24-/m1/s1. The Balaban J connectivity index is 1.50. The molecule has 0 unspecified atom stereocenters. The molecule has 33 heavy (non-hydrogen) atoms. The molecule has 2 aromatic carbocycles. The van der Waals surface area contributed by atoms with E-state index in [1.807, 2.05) is 35.2 Å². The Morgan fingerprint density at radius 3 is 2.24 bits per heavy atom. The number of nitrogens with zero attached hydrogens (tertiary/aromatic N) is 3. The number of aliphatic hydroxyl groups is 1. The molecule has 2 aliphatic rings. The number of nitro groups is 1. The van der Waals surface area contributed by atoms with Crippen LogP contribution >= 0.6 is 0 Å². The van der Waals surface area contributed by atoms with Crippen molar-refractivity contribution in [2.24, 2.45) is 11.8 Å². The molecule has 178 valence electrons. The molecule has 2 fully saturated rings. The lowest BCUT2D eigenvalue weighted by Gasteiger charge is -2.35. The second kappa shape index (κ2) is 9.79. The van der Waals surface area contributed by atoms with Crippen molar-refractivity contribution in [2.45, 2.75) is 43.6 Å². The zero-order valence-electron chi connectivity index (χ0n) is 18.8. The van der Waals surface area contributed by atoms with Crippen molar-refractivity contribution < 1.29 is 18.4 Å². The number of sulfonamides is 1. The zero-order chi connectivity index (χ0) is 23.6. The van der Waals surface area contributed by atoms with E-state index < -0.39 is 21.1 Å². The van der Waals surface area contributed by atoms with E-state index in [4.69, 9.17) is 0 Å². The van der Waals surface area contributed by atoms with Crippen LogP contribution in [0.2, 0.25) is 0 Å². The normalized spacial score (nSPS) is 20.0. The van der Waals surface area contributed by atoms with E-state index in [2.05, 4.69) is 6.92 Å². The summed E-state index contributed by atoms with van der Waals surface area (Å²) in [5.41, 5.74) is 1.12. The summed E-state index contributed by atoms with van der Waals surface area (Å²) < 4.78 is 27.6. The molecule has 2 saturated heterocycles.